The second-order valence-corrected chi connectivity index (χ2v) is 5.90. The van der Waals surface area contributed by atoms with Crippen LogP contribution in [0.2, 0.25) is 0 Å². The van der Waals surface area contributed by atoms with E-state index in [1.807, 2.05) is 48.0 Å². The van der Waals surface area contributed by atoms with Crippen LogP contribution in [0.5, 0.6) is 0 Å². The van der Waals surface area contributed by atoms with Crippen LogP contribution in [0, 0.1) is 6.92 Å². The third-order valence-electron chi connectivity index (χ3n) is 3.13. The molecule has 0 fully saturated rings. The lowest BCUT2D eigenvalue weighted by molar-refractivity contribution is -0.117. The maximum atomic E-state index is 12.0. The SMILES string of the molecule is Cc1nc(/C=C/C(=O)NC(C)c2nnc3ccccn23)cs1. The van der Waals surface area contributed by atoms with Gasteiger partial charge in [0.05, 0.1) is 16.7 Å². The molecule has 1 amide bonds. The topological polar surface area (TPSA) is 72.2 Å². The molecule has 1 unspecified atom stereocenters. The normalized spacial score (nSPS) is 12.8. The average Bonchev–Trinajstić information content (AvgIpc) is 3.11. The first kappa shape index (κ1) is 14.4. The minimum Gasteiger partial charge on any atom is -0.343 e. The van der Waals surface area contributed by atoms with Crippen molar-refractivity contribution in [3.05, 3.63) is 52.4 Å². The van der Waals surface area contributed by atoms with E-state index in [0.29, 0.717) is 5.82 Å². The number of amides is 1. The molecule has 0 aliphatic carbocycles. The van der Waals surface area contributed by atoms with Gasteiger partial charge in [0.1, 0.15) is 0 Å². The number of fused-ring (bicyclic) bond motifs is 1. The standard InChI is InChI=1S/C15H15N5OS/c1-10(15-19-18-13-5-3-4-8-20(13)15)16-14(21)7-6-12-9-22-11(2)17-12/h3-10H,1-2H3,(H,16,21)/b7-6+. The molecule has 112 valence electrons. The highest BCUT2D eigenvalue weighted by Gasteiger charge is 2.14. The Kier molecular flexibility index (Phi) is 3.97. The molecule has 22 heavy (non-hydrogen) atoms. The molecule has 0 aromatic carbocycles. The van der Waals surface area contributed by atoms with Crippen molar-refractivity contribution in [3.63, 3.8) is 0 Å². The monoisotopic (exact) mass is 313 g/mol. The molecular formula is C15H15N5OS. The van der Waals surface area contributed by atoms with Crippen molar-refractivity contribution in [2.75, 3.05) is 0 Å². The number of hydrogen-bond acceptors (Lipinski definition) is 5. The van der Waals surface area contributed by atoms with E-state index in [4.69, 9.17) is 0 Å². The molecule has 3 rings (SSSR count). The Labute approximate surface area is 131 Å². The fourth-order valence-electron chi connectivity index (χ4n) is 2.10. The van der Waals surface area contributed by atoms with Crippen LogP contribution in [0.15, 0.2) is 35.9 Å². The van der Waals surface area contributed by atoms with Crippen molar-refractivity contribution < 1.29 is 4.79 Å². The zero-order chi connectivity index (χ0) is 15.5. The summed E-state index contributed by atoms with van der Waals surface area (Å²) in [6, 6.07) is 5.43. The van der Waals surface area contributed by atoms with Crippen molar-refractivity contribution in [1.29, 1.82) is 0 Å². The van der Waals surface area contributed by atoms with Gasteiger partial charge >= 0.3 is 0 Å². The predicted octanol–water partition coefficient (Wildman–Crippen LogP) is 2.38. The van der Waals surface area contributed by atoms with Gasteiger partial charge in [0.25, 0.3) is 0 Å². The van der Waals surface area contributed by atoms with Crippen molar-refractivity contribution in [2.45, 2.75) is 19.9 Å². The van der Waals surface area contributed by atoms with Gasteiger partial charge in [-0.05, 0) is 32.1 Å². The third kappa shape index (κ3) is 3.04. The van der Waals surface area contributed by atoms with E-state index in [2.05, 4.69) is 20.5 Å². The summed E-state index contributed by atoms with van der Waals surface area (Å²) < 4.78 is 1.86. The highest BCUT2D eigenvalue weighted by atomic mass is 32.1. The molecule has 0 radical (unpaired) electrons. The molecule has 1 N–H and O–H groups in total. The lowest BCUT2D eigenvalue weighted by atomic mass is 10.3. The van der Waals surface area contributed by atoms with Gasteiger partial charge in [-0.15, -0.1) is 21.5 Å². The zero-order valence-electron chi connectivity index (χ0n) is 12.2. The molecule has 0 spiro atoms. The van der Waals surface area contributed by atoms with Gasteiger partial charge in [-0.2, -0.15) is 0 Å². The molecule has 3 heterocycles. The summed E-state index contributed by atoms with van der Waals surface area (Å²) in [5.41, 5.74) is 1.55. The van der Waals surface area contributed by atoms with Gasteiger partial charge in [-0.1, -0.05) is 6.07 Å². The summed E-state index contributed by atoms with van der Waals surface area (Å²) in [6.07, 6.45) is 5.06. The van der Waals surface area contributed by atoms with Gasteiger partial charge in [0.15, 0.2) is 11.5 Å². The predicted molar refractivity (Wildman–Crippen MR) is 85.4 cm³/mol. The van der Waals surface area contributed by atoms with Gasteiger partial charge in [0.2, 0.25) is 5.91 Å². The summed E-state index contributed by atoms with van der Waals surface area (Å²) in [5, 5.41) is 14.0. The molecule has 0 aliphatic rings. The number of thiazole rings is 1. The summed E-state index contributed by atoms with van der Waals surface area (Å²) in [7, 11) is 0. The van der Waals surface area contributed by atoms with E-state index < -0.39 is 0 Å². The van der Waals surface area contributed by atoms with Crippen molar-refractivity contribution >= 4 is 29.0 Å². The summed E-state index contributed by atoms with van der Waals surface area (Å²) >= 11 is 1.55. The minimum absolute atomic E-state index is 0.189. The minimum atomic E-state index is -0.244. The van der Waals surface area contributed by atoms with E-state index in [1.165, 1.54) is 6.08 Å². The Morgan fingerprint density at radius 2 is 2.27 bits per heavy atom. The van der Waals surface area contributed by atoms with Crippen LogP contribution in [-0.2, 0) is 4.79 Å². The van der Waals surface area contributed by atoms with Crippen molar-refractivity contribution in [3.8, 4) is 0 Å². The zero-order valence-corrected chi connectivity index (χ0v) is 13.0. The van der Waals surface area contributed by atoms with Crippen LogP contribution in [0.3, 0.4) is 0 Å². The maximum Gasteiger partial charge on any atom is 0.244 e. The van der Waals surface area contributed by atoms with E-state index in [-0.39, 0.29) is 11.9 Å². The number of aryl methyl sites for hydroxylation is 1. The molecule has 7 heteroatoms. The first-order valence-electron chi connectivity index (χ1n) is 6.84. The van der Waals surface area contributed by atoms with Gasteiger partial charge in [0, 0.05) is 17.7 Å². The van der Waals surface area contributed by atoms with Crippen LogP contribution < -0.4 is 5.32 Å². The molecule has 6 nitrogen and oxygen atoms in total. The number of aromatic nitrogens is 4. The fraction of sp³-hybridized carbons (Fsp3) is 0.200. The smallest absolute Gasteiger partial charge is 0.244 e. The van der Waals surface area contributed by atoms with Gasteiger partial charge in [-0.3, -0.25) is 9.20 Å². The number of nitrogens with one attached hydrogen (secondary N) is 1. The molecule has 0 saturated heterocycles. The van der Waals surface area contributed by atoms with Crippen molar-refractivity contribution in [1.82, 2.24) is 24.9 Å². The largest absolute Gasteiger partial charge is 0.343 e. The molecular weight excluding hydrogens is 298 g/mol. The first-order valence-corrected chi connectivity index (χ1v) is 7.72. The summed E-state index contributed by atoms with van der Waals surface area (Å²) in [5.74, 6) is 0.507. The highest BCUT2D eigenvalue weighted by Crippen LogP contribution is 2.12. The number of pyridine rings is 1. The third-order valence-corrected chi connectivity index (χ3v) is 3.92. The first-order chi connectivity index (χ1) is 10.6. The molecule has 3 aromatic heterocycles. The number of carbonyl (C=O) groups excluding carboxylic acids is 1. The molecule has 3 aromatic rings. The van der Waals surface area contributed by atoms with Crippen LogP contribution in [0.4, 0.5) is 0 Å². The van der Waals surface area contributed by atoms with Crippen LogP contribution in [0.1, 0.15) is 29.5 Å². The Balaban J connectivity index is 1.69. The Hall–Kier alpha value is -2.54. The Morgan fingerprint density at radius 3 is 3.05 bits per heavy atom. The van der Waals surface area contributed by atoms with Crippen LogP contribution in [-0.4, -0.2) is 25.5 Å². The number of rotatable bonds is 4. The fourth-order valence-corrected chi connectivity index (χ4v) is 2.68. The van der Waals surface area contributed by atoms with E-state index >= 15 is 0 Å². The summed E-state index contributed by atoms with van der Waals surface area (Å²) in [6.45, 7) is 3.81. The summed E-state index contributed by atoms with van der Waals surface area (Å²) in [4.78, 5) is 16.3. The average molecular weight is 313 g/mol. The van der Waals surface area contributed by atoms with Crippen LogP contribution in [0.25, 0.3) is 11.7 Å². The number of nitrogens with zero attached hydrogens (tertiary/aromatic N) is 4. The molecule has 0 bridgehead atoms. The van der Waals surface area contributed by atoms with Crippen molar-refractivity contribution in [2.24, 2.45) is 0 Å². The van der Waals surface area contributed by atoms with E-state index in [1.54, 1.807) is 17.4 Å². The second kappa shape index (κ2) is 6.07. The lowest BCUT2D eigenvalue weighted by Gasteiger charge is -2.10. The van der Waals surface area contributed by atoms with E-state index in [0.717, 1.165) is 16.3 Å². The van der Waals surface area contributed by atoms with Gasteiger partial charge in [-0.25, -0.2) is 4.98 Å². The molecule has 1 atom stereocenters. The second-order valence-electron chi connectivity index (χ2n) is 4.84. The Morgan fingerprint density at radius 1 is 1.41 bits per heavy atom. The number of hydrogen-bond donors (Lipinski definition) is 1. The highest BCUT2D eigenvalue weighted by molar-refractivity contribution is 7.09. The van der Waals surface area contributed by atoms with Crippen LogP contribution >= 0.6 is 11.3 Å². The maximum absolute atomic E-state index is 12.0. The molecule has 0 saturated carbocycles. The number of carbonyl (C=O) groups is 1. The quantitative estimate of drug-likeness (QED) is 0.751. The van der Waals surface area contributed by atoms with E-state index in [9.17, 15) is 4.79 Å². The van der Waals surface area contributed by atoms with Gasteiger partial charge < -0.3 is 5.32 Å². The molecule has 0 aliphatic heterocycles. The Bertz CT molecular complexity index is 835. The lowest BCUT2D eigenvalue weighted by Crippen LogP contribution is -2.26.